The number of nitrogens with zero attached hydrogens (tertiary/aromatic N) is 3. The van der Waals surface area contributed by atoms with Gasteiger partial charge in [-0.25, -0.2) is 0 Å². The minimum Gasteiger partial charge on any atom is -0.375 e. The van der Waals surface area contributed by atoms with E-state index in [9.17, 15) is 0 Å². The smallest absolute Gasteiger partial charge is 0.0829 e. The van der Waals surface area contributed by atoms with Crippen LogP contribution in [0.15, 0.2) is 0 Å². The van der Waals surface area contributed by atoms with Crippen LogP contribution >= 0.6 is 0 Å². The van der Waals surface area contributed by atoms with Crippen LogP contribution in [0.1, 0.15) is 11.4 Å². The Kier molecular flexibility index (Phi) is 1.89. The predicted octanol–water partition coefficient (Wildman–Crippen LogP) is 1.10. The Morgan fingerprint density at radius 1 is 1.27 bits per heavy atom. The minimum absolute atomic E-state index is 1.09. The monoisotopic (exact) mass is 153 g/mol. The van der Waals surface area contributed by atoms with Gasteiger partial charge in [-0.3, -0.25) is 4.68 Å². The third kappa shape index (κ3) is 1.23. The van der Waals surface area contributed by atoms with Crippen molar-refractivity contribution >= 4 is 5.69 Å². The summed E-state index contributed by atoms with van der Waals surface area (Å²) in [6.07, 6.45) is 0. The SMILES string of the molecule is Cc1nn(C)c(C)c1N(C)C. The summed E-state index contributed by atoms with van der Waals surface area (Å²) in [5.41, 5.74) is 3.54. The van der Waals surface area contributed by atoms with Crippen molar-refractivity contribution in [2.45, 2.75) is 13.8 Å². The molecule has 0 atom stereocenters. The van der Waals surface area contributed by atoms with Crippen LogP contribution in [0.5, 0.6) is 0 Å². The van der Waals surface area contributed by atoms with Gasteiger partial charge in [0.25, 0.3) is 0 Å². The van der Waals surface area contributed by atoms with Gasteiger partial charge in [0.2, 0.25) is 0 Å². The molecule has 0 saturated carbocycles. The van der Waals surface area contributed by atoms with Gasteiger partial charge in [0, 0.05) is 21.1 Å². The van der Waals surface area contributed by atoms with E-state index in [0.29, 0.717) is 0 Å². The number of hydrogen-bond donors (Lipinski definition) is 0. The van der Waals surface area contributed by atoms with Gasteiger partial charge < -0.3 is 4.90 Å². The maximum absolute atomic E-state index is 4.31. The van der Waals surface area contributed by atoms with Crippen molar-refractivity contribution in [2.24, 2.45) is 7.05 Å². The Labute approximate surface area is 67.6 Å². The molecular weight excluding hydrogens is 138 g/mol. The average molecular weight is 153 g/mol. The highest BCUT2D eigenvalue weighted by molar-refractivity contribution is 5.53. The molecule has 0 spiro atoms. The lowest BCUT2D eigenvalue weighted by Crippen LogP contribution is -2.10. The molecule has 0 bridgehead atoms. The number of aromatic nitrogens is 2. The average Bonchev–Trinajstić information content (AvgIpc) is 2.07. The Balaban J connectivity index is 3.22. The quantitative estimate of drug-likeness (QED) is 0.602. The second-order valence-electron chi connectivity index (χ2n) is 3.04. The van der Waals surface area contributed by atoms with Gasteiger partial charge in [0.05, 0.1) is 17.1 Å². The third-order valence-electron chi connectivity index (χ3n) is 1.92. The van der Waals surface area contributed by atoms with E-state index in [1.165, 1.54) is 11.4 Å². The highest BCUT2D eigenvalue weighted by atomic mass is 15.3. The molecule has 3 heteroatoms. The van der Waals surface area contributed by atoms with Crippen molar-refractivity contribution in [1.29, 1.82) is 0 Å². The maximum Gasteiger partial charge on any atom is 0.0829 e. The lowest BCUT2D eigenvalue weighted by atomic mass is 10.3. The maximum atomic E-state index is 4.31. The van der Waals surface area contributed by atoms with E-state index in [2.05, 4.69) is 16.9 Å². The molecule has 0 aliphatic carbocycles. The lowest BCUT2D eigenvalue weighted by Gasteiger charge is -2.11. The highest BCUT2D eigenvalue weighted by Crippen LogP contribution is 2.20. The Morgan fingerprint density at radius 2 is 1.82 bits per heavy atom. The van der Waals surface area contributed by atoms with Crippen LogP contribution in [0, 0.1) is 13.8 Å². The molecule has 0 radical (unpaired) electrons. The van der Waals surface area contributed by atoms with Crippen LogP contribution in [-0.2, 0) is 7.05 Å². The summed E-state index contributed by atoms with van der Waals surface area (Å²) in [4.78, 5) is 2.09. The zero-order valence-electron chi connectivity index (χ0n) is 7.84. The summed E-state index contributed by atoms with van der Waals surface area (Å²) in [5, 5.41) is 4.31. The van der Waals surface area contributed by atoms with Crippen molar-refractivity contribution in [3.8, 4) is 0 Å². The van der Waals surface area contributed by atoms with E-state index >= 15 is 0 Å². The zero-order valence-corrected chi connectivity index (χ0v) is 7.84. The zero-order chi connectivity index (χ0) is 8.59. The summed E-state index contributed by atoms with van der Waals surface area (Å²) in [7, 11) is 6.04. The van der Waals surface area contributed by atoms with Gasteiger partial charge >= 0.3 is 0 Å². The molecule has 1 aromatic heterocycles. The molecule has 1 heterocycles. The predicted molar refractivity (Wildman–Crippen MR) is 47.0 cm³/mol. The van der Waals surface area contributed by atoms with Crippen molar-refractivity contribution in [2.75, 3.05) is 19.0 Å². The second-order valence-corrected chi connectivity index (χ2v) is 3.04. The Bertz CT molecular complexity index is 261. The van der Waals surface area contributed by atoms with E-state index < -0.39 is 0 Å². The van der Waals surface area contributed by atoms with E-state index in [0.717, 1.165) is 5.69 Å². The molecular formula is C8H15N3. The molecule has 0 aromatic carbocycles. The molecule has 0 aliphatic rings. The fraction of sp³-hybridized carbons (Fsp3) is 0.625. The van der Waals surface area contributed by atoms with Crippen LogP contribution in [0.2, 0.25) is 0 Å². The van der Waals surface area contributed by atoms with Crippen LogP contribution < -0.4 is 4.90 Å². The standard InChI is InChI=1S/C8H15N3/c1-6-8(10(3)4)7(2)11(5)9-6/h1-5H3. The number of rotatable bonds is 1. The lowest BCUT2D eigenvalue weighted by molar-refractivity contribution is 0.731. The molecule has 1 aromatic rings. The molecule has 0 aliphatic heterocycles. The van der Waals surface area contributed by atoms with Crippen LogP contribution in [-0.4, -0.2) is 23.9 Å². The van der Waals surface area contributed by atoms with Crippen LogP contribution in [0.4, 0.5) is 5.69 Å². The van der Waals surface area contributed by atoms with Gasteiger partial charge in [-0.15, -0.1) is 0 Å². The fourth-order valence-corrected chi connectivity index (χ4v) is 1.41. The normalized spacial score (nSPS) is 10.3. The third-order valence-corrected chi connectivity index (χ3v) is 1.92. The first-order valence-corrected chi connectivity index (χ1v) is 3.71. The van der Waals surface area contributed by atoms with E-state index in [4.69, 9.17) is 0 Å². The molecule has 0 saturated heterocycles. The second kappa shape index (κ2) is 2.57. The van der Waals surface area contributed by atoms with Gasteiger partial charge in [-0.2, -0.15) is 5.10 Å². The van der Waals surface area contributed by atoms with Gasteiger partial charge in [-0.1, -0.05) is 0 Å². The first kappa shape index (κ1) is 8.11. The van der Waals surface area contributed by atoms with Gasteiger partial charge in [-0.05, 0) is 13.8 Å². The number of anilines is 1. The highest BCUT2D eigenvalue weighted by Gasteiger charge is 2.09. The van der Waals surface area contributed by atoms with E-state index in [1.807, 2.05) is 32.7 Å². The van der Waals surface area contributed by atoms with E-state index in [1.54, 1.807) is 0 Å². The topological polar surface area (TPSA) is 21.1 Å². The summed E-state index contributed by atoms with van der Waals surface area (Å²) in [5.74, 6) is 0. The Morgan fingerprint density at radius 3 is 2.00 bits per heavy atom. The van der Waals surface area contributed by atoms with Gasteiger partial charge in [0.1, 0.15) is 0 Å². The summed E-state index contributed by atoms with van der Waals surface area (Å²) >= 11 is 0. The first-order valence-electron chi connectivity index (χ1n) is 3.71. The van der Waals surface area contributed by atoms with Crippen molar-refractivity contribution in [3.05, 3.63) is 11.4 Å². The van der Waals surface area contributed by atoms with Gasteiger partial charge in [0.15, 0.2) is 0 Å². The largest absolute Gasteiger partial charge is 0.375 e. The molecule has 0 amide bonds. The molecule has 1 rings (SSSR count). The molecule has 3 nitrogen and oxygen atoms in total. The summed E-state index contributed by atoms with van der Waals surface area (Å²) in [6.45, 7) is 4.11. The Hall–Kier alpha value is -0.990. The number of aryl methyl sites for hydroxylation is 2. The molecule has 0 fully saturated rings. The molecule has 62 valence electrons. The molecule has 0 N–H and O–H groups in total. The molecule has 0 unspecified atom stereocenters. The van der Waals surface area contributed by atoms with E-state index in [-0.39, 0.29) is 0 Å². The van der Waals surface area contributed by atoms with Crippen molar-refractivity contribution in [3.63, 3.8) is 0 Å². The molecule has 11 heavy (non-hydrogen) atoms. The van der Waals surface area contributed by atoms with Crippen LogP contribution in [0.3, 0.4) is 0 Å². The van der Waals surface area contributed by atoms with Crippen LogP contribution in [0.25, 0.3) is 0 Å². The van der Waals surface area contributed by atoms with Crippen molar-refractivity contribution < 1.29 is 0 Å². The number of hydrogen-bond acceptors (Lipinski definition) is 2. The summed E-state index contributed by atoms with van der Waals surface area (Å²) < 4.78 is 1.91. The minimum atomic E-state index is 1.09. The fourth-order valence-electron chi connectivity index (χ4n) is 1.41. The van der Waals surface area contributed by atoms with Crippen molar-refractivity contribution in [1.82, 2.24) is 9.78 Å². The first-order chi connectivity index (χ1) is 5.04. The summed E-state index contributed by atoms with van der Waals surface area (Å²) in [6, 6.07) is 0.